The van der Waals surface area contributed by atoms with Crippen molar-refractivity contribution in [2.24, 2.45) is 5.73 Å². The van der Waals surface area contributed by atoms with Gasteiger partial charge in [0.1, 0.15) is 5.82 Å². The number of hydrogen-bond donors (Lipinski definition) is 1. The molecule has 1 atom stereocenters. The summed E-state index contributed by atoms with van der Waals surface area (Å²) < 4.78 is 1.94. The fourth-order valence-electron chi connectivity index (χ4n) is 2.20. The van der Waals surface area contributed by atoms with Crippen LogP contribution in [0, 0.1) is 0 Å². The van der Waals surface area contributed by atoms with E-state index in [9.17, 15) is 0 Å². The fourth-order valence-corrected chi connectivity index (χ4v) is 2.41. The van der Waals surface area contributed by atoms with Crippen LogP contribution >= 0.6 is 12.2 Å². The number of aromatic nitrogens is 3. The summed E-state index contributed by atoms with van der Waals surface area (Å²) >= 11 is 5.23. The minimum absolute atomic E-state index is 0.0112. The Bertz CT molecular complexity index is 577. The molecule has 1 unspecified atom stereocenters. The van der Waals surface area contributed by atoms with E-state index in [1.54, 1.807) is 0 Å². The van der Waals surface area contributed by atoms with E-state index < -0.39 is 0 Å². The minimum atomic E-state index is -0.0112. The molecule has 20 heavy (non-hydrogen) atoms. The highest BCUT2D eigenvalue weighted by Crippen LogP contribution is 2.19. The predicted molar refractivity (Wildman–Crippen MR) is 84.7 cm³/mol. The molecule has 5 heteroatoms. The third-order valence-electron chi connectivity index (χ3n) is 3.33. The molecule has 1 aromatic heterocycles. The number of benzene rings is 1. The molecule has 0 aliphatic carbocycles. The lowest BCUT2D eigenvalue weighted by atomic mass is 9.99. The molecule has 4 nitrogen and oxygen atoms in total. The summed E-state index contributed by atoms with van der Waals surface area (Å²) in [5.41, 5.74) is 7.04. The van der Waals surface area contributed by atoms with Crippen molar-refractivity contribution in [2.45, 2.75) is 39.2 Å². The Morgan fingerprint density at radius 1 is 1.25 bits per heavy atom. The number of rotatable bonds is 6. The van der Waals surface area contributed by atoms with Gasteiger partial charge in [-0.25, -0.2) is 9.67 Å². The Balaban J connectivity index is 2.29. The number of thiocarbonyl (C=S) groups is 1. The average molecular weight is 288 g/mol. The van der Waals surface area contributed by atoms with Crippen LogP contribution in [0.1, 0.15) is 37.0 Å². The molecule has 2 aromatic rings. The Morgan fingerprint density at radius 3 is 2.50 bits per heavy atom. The first-order valence-corrected chi connectivity index (χ1v) is 7.33. The van der Waals surface area contributed by atoms with E-state index in [1.807, 2.05) is 35.0 Å². The van der Waals surface area contributed by atoms with Crippen molar-refractivity contribution in [2.75, 3.05) is 0 Å². The van der Waals surface area contributed by atoms with E-state index in [-0.39, 0.29) is 5.92 Å². The van der Waals surface area contributed by atoms with E-state index in [1.165, 1.54) is 0 Å². The van der Waals surface area contributed by atoms with Crippen molar-refractivity contribution in [3.63, 3.8) is 0 Å². The first-order chi connectivity index (χ1) is 9.65. The summed E-state index contributed by atoms with van der Waals surface area (Å²) in [7, 11) is 0. The van der Waals surface area contributed by atoms with Gasteiger partial charge in [0.05, 0.1) is 17.5 Å². The second-order valence-corrected chi connectivity index (χ2v) is 5.17. The summed E-state index contributed by atoms with van der Waals surface area (Å²) in [5, 5.41) is 4.54. The smallest absolute Gasteiger partial charge is 0.150 e. The standard InChI is InChI=1S/C15H20N4S/c1-3-13-17-14(4-2)19(18-13)10-12(15(16)20)11-8-6-5-7-9-11/h5-9,12H,3-4,10H2,1-2H3,(H2,16,20). The van der Waals surface area contributed by atoms with Crippen molar-refractivity contribution in [3.8, 4) is 0 Å². The van der Waals surface area contributed by atoms with Crippen LogP contribution < -0.4 is 5.73 Å². The lowest BCUT2D eigenvalue weighted by Gasteiger charge is -2.16. The third-order valence-corrected chi connectivity index (χ3v) is 3.61. The Labute approximate surface area is 125 Å². The maximum atomic E-state index is 5.92. The van der Waals surface area contributed by atoms with E-state index in [0.717, 1.165) is 30.1 Å². The highest BCUT2D eigenvalue weighted by atomic mass is 32.1. The topological polar surface area (TPSA) is 56.7 Å². The molecule has 0 bridgehead atoms. The monoisotopic (exact) mass is 288 g/mol. The largest absolute Gasteiger partial charge is 0.393 e. The normalized spacial score (nSPS) is 12.3. The van der Waals surface area contributed by atoms with Gasteiger partial charge in [-0.05, 0) is 5.56 Å². The number of nitrogens with two attached hydrogens (primary N) is 1. The van der Waals surface area contributed by atoms with Gasteiger partial charge in [-0.3, -0.25) is 0 Å². The lowest BCUT2D eigenvalue weighted by molar-refractivity contribution is 0.558. The quantitative estimate of drug-likeness (QED) is 0.830. The van der Waals surface area contributed by atoms with Crippen LogP contribution in [-0.4, -0.2) is 19.8 Å². The van der Waals surface area contributed by atoms with Crippen LogP contribution in [0.5, 0.6) is 0 Å². The molecule has 0 aliphatic rings. The van der Waals surface area contributed by atoms with E-state index in [0.29, 0.717) is 11.5 Å². The van der Waals surface area contributed by atoms with Crippen LogP contribution in [0.4, 0.5) is 0 Å². The zero-order valence-electron chi connectivity index (χ0n) is 11.9. The van der Waals surface area contributed by atoms with Gasteiger partial charge in [0.15, 0.2) is 5.82 Å². The van der Waals surface area contributed by atoms with E-state index >= 15 is 0 Å². The number of nitrogens with zero attached hydrogens (tertiary/aromatic N) is 3. The molecule has 0 spiro atoms. The molecule has 2 N–H and O–H groups in total. The zero-order chi connectivity index (χ0) is 14.5. The Hall–Kier alpha value is -1.75. The van der Waals surface area contributed by atoms with Gasteiger partial charge in [0.2, 0.25) is 0 Å². The molecule has 0 fully saturated rings. The van der Waals surface area contributed by atoms with Crippen LogP contribution in [0.15, 0.2) is 30.3 Å². The molecular formula is C15H20N4S. The van der Waals surface area contributed by atoms with Gasteiger partial charge in [-0.2, -0.15) is 5.10 Å². The van der Waals surface area contributed by atoms with E-state index in [4.69, 9.17) is 18.0 Å². The molecule has 1 aromatic carbocycles. The second kappa shape index (κ2) is 6.61. The predicted octanol–water partition coefficient (Wildman–Crippen LogP) is 2.47. The second-order valence-electron chi connectivity index (χ2n) is 4.70. The molecular weight excluding hydrogens is 268 g/mol. The molecule has 106 valence electrons. The SMILES string of the molecule is CCc1nc(CC)n(CC(C(N)=S)c2ccccc2)n1. The van der Waals surface area contributed by atoms with Gasteiger partial charge >= 0.3 is 0 Å². The lowest BCUT2D eigenvalue weighted by Crippen LogP contribution is -2.25. The van der Waals surface area contributed by atoms with E-state index in [2.05, 4.69) is 23.9 Å². The fraction of sp³-hybridized carbons (Fsp3) is 0.400. The first-order valence-electron chi connectivity index (χ1n) is 6.92. The van der Waals surface area contributed by atoms with Gasteiger partial charge in [0, 0.05) is 12.8 Å². The maximum Gasteiger partial charge on any atom is 0.150 e. The van der Waals surface area contributed by atoms with Crippen LogP contribution in [0.2, 0.25) is 0 Å². The maximum absolute atomic E-state index is 5.92. The van der Waals surface area contributed by atoms with Crippen molar-refractivity contribution in [1.29, 1.82) is 0 Å². The van der Waals surface area contributed by atoms with Crippen molar-refractivity contribution in [3.05, 3.63) is 47.5 Å². The van der Waals surface area contributed by atoms with Crippen LogP contribution in [0.3, 0.4) is 0 Å². The summed E-state index contributed by atoms with van der Waals surface area (Å²) in [4.78, 5) is 5.01. The van der Waals surface area contributed by atoms with Crippen molar-refractivity contribution >= 4 is 17.2 Å². The van der Waals surface area contributed by atoms with Gasteiger partial charge < -0.3 is 5.73 Å². The Kier molecular flexibility index (Phi) is 4.84. The summed E-state index contributed by atoms with van der Waals surface area (Å²) in [5.74, 6) is 1.85. The highest BCUT2D eigenvalue weighted by molar-refractivity contribution is 7.80. The number of hydrogen-bond acceptors (Lipinski definition) is 3. The molecule has 0 amide bonds. The molecule has 1 heterocycles. The highest BCUT2D eigenvalue weighted by Gasteiger charge is 2.18. The first kappa shape index (κ1) is 14.7. The minimum Gasteiger partial charge on any atom is -0.393 e. The molecule has 0 saturated carbocycles. The van der Waals surface area contributed by atoms with Crippen LogP contribution in [-0.2, 0) is 19.4 Å². The van der Waals surface area contributed by atoms with Gasteiger partial charge in [-0.15, -0.1) is 0 Å². The number of aryl methyl sites for hydroxylation is 2. The average Bonchev–Trinajstić information content (AvgIpc) is 2.87. The van der Waals surface area contributed by atoms with Crippen molar-refractivity contribution in [1.82, 2.24) is 14.8 Å². The molecule has 0 saturated heterocycles. The summed E-state index contributed by atoms with van der Waals surface area (Å²) in [6.07, 6.45) is 1.69. The summed E-state index contributed by atoms with van der Waals surface area (Å²) in [6.45, 7) is 4.79. The van der Waals surface area contributed by atoms with Crippen molar-refractivity contribution < 1.29 is 0 Å². The van der Waals surface area contributed by atoms with Crippen LogP contribution in [0.25, 0.3) is 0 Å². The third kappa shape index (κ3) is 3.22. The molecule has 2 rings (SSSR count). The Morgan fingerprint density at radius 2 is 1.95 bits per heavy atom. The van der Waals surface area contributed by atoms with Gasteiger partial charge in [-0.1, -0.05) is 56.4 Å². The molecule has 0 aliphatic heterocycles. The van der Waals surface area contributed by atoms with Gasteiger partial charge in [0.25, 0.3) is 0 Å². The molecule has 0 radical (unpaired) electrons. The summed E-state index contributed by atoms with van der Waals surface area (Å²) in [6, 6.07) is 10.1. The zero-order valence-corrected chi connectivity index (χ0v) is 12.7.